The van der Waals surface area contributed by atoms with Gasteiger partial charge in [0, 0.05) is 6.20 Å². The molecule has 0 aromatic rings. The van der Waals surface area contributed by atoms with Gasteiger partial charge in [-0.15, -0.1) is 0 Å². The fourth-order valence-corrected chi connectivity index (χ4v) is 0.105. The van der Waals surface area contributed by atoms with E-state index in [-0.39, 0.29) is 0 Å². The van der Waals surface area contributed by atoms with E-state index in [9.17, 15) is 0 Å². The van der Waals surface area contributed by atoms with Crippen molar-refractivity contribution in [2.45, 2.75) is 6.92 Å². The lowest BCUT2D eigenvalue weighted by Gasteiger charge is -1.58. The molecule has 0 aromatic heterocycles. The zero-order chi connectivity index (χ0) is 4.12. The van der Waals surface area contributed by atoms with Gasteiger partial charge < -0.3 is 0 Å². The first-order valence-corrected chi connectivity index (χ1v) is 1.49. The summed E-state index contributed by atoms with van der Waals surface area (Å²) in [6.45, 7) is 5.11. The minimum absolute atomic E-state index is 1.64. The Morgan fingerprint density at radius 1 is 1.80 bits per heavy atom. The van der Waals surface area contributed by atoms with Crippen molar-refractivity contribution in [3.05, 3.63) is 12.3 Å². The lowest BCUT2D eigenvalue weighted by atomic mass is 10.7. The summed E-state index contributed by atoms with van der Waals surface area (Å²) in [5.41, 5.74) is 0. The van der Waals surface area contributed by atoms with Crippen molar-refractivity contribution < 1.29 is 0 Å². The van der Waals surface area contributed by atoms with E-state index in [1.165, 1.54) is 0 Å². The third-order valence-electron chi connectivity index (χ3n) is 0.254. The van der Waals surface area contributed by atoms with Crippen LogP contribution >= 0.6 is 0 Å². The molecule has 0 rings (SSSR count). The number of hydrogen-bond donors (Lipinski definition) is 0. The zero-order valence-corrected chi connectivity index (χ0v) is 3.31. The number of aliphatic imine (C=N–C) groups is 1. The van der Waals surface area contributed by atoms with Gasteiger partial charge >= 0.3 is 0 Å². The van der Waals surface area contributed by atoms with Crippen LogP contribution in [-0.4, -0.2) is 6.72 Å². The standard InChI is InChI=1S/C4H7N/c1-3-4-5-2/h3-4H,2H2,1H3. The van der Waals surface area contributed by atoms with E-state index in [0.29, 0.717) is 0 Å². The summed E-state index contributed by atoms with van der Waals surface area (Å²) in [5, 5.41) is 0. The third-order valence-corrected chi connectivity index (χ3v) is 0.254. The molecule has 0 aliphatic heterocycles. The highest BCUT2D eigenvalue weighted by Crippen LogP contribution is 1.63. The van der Waals surface area contributed by atoms with Crippen LogP contribution < -0.4 is 0 Å². The van der Waals surface area contributed by atoms with Crippen molar-refractivity contribution in [3.8, 4) is 0 Å². The smallest absolute Gasteiger partial charge is 0.0217 e. The van der Waals surface area contributed by atoms with Gasteiger partial charge in [-0.25, -0.2) is 0 Å². The van der Waals surface area contributed by atoms with Crippen molar-refractivity contribution in [2.24, 2.45) is 4.99 Å². The first-order valence-electron chi connectivity index (χ1n) is 1.49. The second kappa shape index (κ2) is 3.41. The van der Waals surface area contributed by atoms with Gasteiger partial charge in [-0.05, 0) is 13.6 Å². The number of allylic oxidation sites excluding steroid dienone is 1. The van der Waals surface area contributed by atoms with E-state index >= 15 is 0 Å². The van der Waals surface area contributed by atoms with E-state index in [1.54, 1.807) is 6.20 Å². The molecule has 0 saturated heterocycles. The molecule has 0 amide bonds. The maximum absolute atomic E-state index is 3.42. The topological polar surface area (TPSA) is 12.4 Å². The summed E-state index contributed by atoms with van der Waals surface area (Å²) in [6, 6.07) is 0. The fraction of sp³-hybridized carbons (Fsp3) is 0.250. The van der Waals surface area contributed by atoms with Gasteiger partial charge in [0.05, 0.1) is 0 Å². The van der Waals surface area contributed by atoms with Crippen LogP contribution in [0.25, 0.3) is 0 Å². The average molecular weight is 69.1 g/mol. The molecule has 0 aliphatic carbocycles. The van der Waals surface area contributed by atoms with Crippen molar-refractivity contribution in [1.29, 1.82) is 0 Å². The quantitative estimate of drug-likeness (QED) is 0.410. The molecule has 0 bridgehead atoms. The molecular weight excluding hydrogens is 62.1 g/mol. The van der Waals surface area contributed by atoms with Gasteiger partial charge in [0.25, 0.3) is 0 Å². The van der Waals surface area contributed by atoms with Crippen molar-refractivity contribution in [1.82, 2.24) is 0 Å². The van der Waals surface area contributed by atoms with E-state index in [1.807, 2.05) is 13.0 Å². The Kier molecular flexibility index (Phi) is 3.01. The van der Waals surface area contributed by atoms with Crippen LogP contribution in [0.3, 0.4) is 0 Å². The molecule has 0 unspecified atom stereocenters. The van der Waals surface area contributed by atoms with E-state index in [0.717, 1.165) is 0 Å². The largest absolute Gasteiger partial charge is 0.273 e. The Balaban J connectivity index is 2.92. The van der Waals surface area contributed by atoms with Gasteiger partial charge in [0.15, 0.2) is 0 Å². The molecule has 1 nitrogen and oxygen atoms in total. The van der Waals surface area contributed by atoms with E-state index in [4.69, 9.17) is 0 Å². The summed E-state index contributed by atoms with van der Waals surface area (Å²) in [4.78, 5) is 3.42. The Hall–Kier alpha value is -0.590. The molecular formula is C4H7N. The monoisotopic (exact) mass is 69.1 g/mol. The van der Waals surface area contributed by atoms with Crippen LogP contribution in [0.2, 0.25) is 0 Å². The van der Waals surface area contributed by atoms with Crippen molar-refractivity contribution in [2.75, 3.05) is 0 Å². The molecule has 0 aromatic carbocycles. The van der Waals surface area contributed by atoms with Crippen LogP contribution in [0.4, 0.5) is 0 Å². The highest BCUT2D eigenvalue weighted by Gasteiger charge is 1.41. The number of hydrogen-bond acceptors (Lipinski definition) is 1. The summed E-state index contributed by atoms with van der Waals surface area (Å²) < 4.78 is 0. The average Bonchev–Trinajstić information content (AvgIpc) is 1.41. The normalized spacial score (nSPS) is 9.00. The van der Waals surface area contributed by atoms with Crippen LogP contribution in [0, 0.1) is 0 Å². The highest BCUT2D eigenvalue weighted by atomic mass is 14.6. The molecule has 0 heterocycles. The van der Waals surface area contributed by atoms with E-state index < -0.39 is 0 Å². The van der Waals surface area contributed by atoms with Gasteiger partial charge in [0.1, 0.15) is 0 Å². The van der Waals surface area contributed by atoms with Gasteiger partial charge in [-0.2, -0.15) is 0 Å². The summed E-state index contributed by atoms with van der Waals surface area (Å²) in [7, 11) is 0. The number of rotatable bonds is 1. The molecule has 0 aliphatic rings. The summed E-state index contributed by atoms with van der Waals surface area (Å²) in [6.07, 6.45) is 3.47. The molecule has 0 spiro atoms. The molecule has 0 fully saturated rings. The first-order chi connectivity index (χ1) is 2.41. The second-order valence-corrected chi connectivity index (χ2v) is 0.665. The Morgan fingerprint density at radius 3 is 2.40 bits per heavy atom. The molecule has 1 heteroatoms. The highest BCUT2D eigenvalue weighted by molar-refractivity contribution is 5.25. The maximum Gasteiger partial charge on any atom is 0.0217 e. The zero-order valence-electron chi connectivity index (χ0n) is 3.31. The van der Waals surface area contributed by atoms with Gasteiger partial charge in [0.2, 0.25) is 0 Å². The second-order valence-electron chi connectivity index (χ2n) is 0.665. The van der Waals surface area contributed by atoms with Crippen molar-refractivity contribution in [3.63, 3.8) is 0 Å². The molecule has 5 heavy (non-hydrogen) atoms. The summed E-state index contributed by atoms with van der Waals surface area (Å²) >= 11 is 0. The maximum atomic E-state index is 3.42. The van der Waals surface area contributed by atoms with Crippen molar-refractivity contribution >= 4 is 6.72 Å². The minimum Gasteiger partial charge on any atom is -0.273 e. The Bertz CT molecular complexity index is 45.6. The van der Waals surface area contributed by atoms with Crippen LogP contribution in [0.15, 0.2) is 17.3 Å². The molecule has 0 N–H and O–H groups in total. The minimum atomic E-state index is 1.64. The van der Waals surface area contributed by atoms with E-state index in [2.05, 4.69) is 11.7 Å². The molecule has 0 atom stereocenters. The van der Waals surface area contributed by atoms with Crippen LogP contribution in [0.1, 0.15) is 6.92 Å². The van der Waals surface area contributed by atoms with Crippen LogP contribution in [-0.2, 0) is 0 Å². The Labute approximate surface area is 32.0 Å². The predicted octanol–water partition coefficient (Wildman–Crippen LogP) is 1.22. The molecule has 0 radical (unpaired) electrons. The summed E-state index contributed by atoms with van der Waals surface area (Å²) in [5.74, 6) is 0. The fourth-order valence-electron chi connectivity index (χ4n) is 0.105. The predicted molar refractivity (Wildman–Crippen MR) is 24.4 cm³/mol. The van der Waals surface area contributed by atoms with Gasteiger partial charge in [-0.3, -0.25) is 4.99 Å². The first kappa shape index (κ1) is 4.41. The lowest BCUT2D eigenvalue weighted by Crippen LogP contribution is -1.36. The molecule has 28 valence electrons. The van der Waals surface area contributed by atoms with Crippen LogP contribution in [0.5, 0.6) is 0 Å². The number of nitrogens with zero attached hydrogens (tertiary/aromatic N) is 1. The van der Waals surface area contributed by atoms with Gasteiger partial charge in [-0.1, -0.05) is 6.08 Å². The Morgan fingerprint density at radius 2 is 2.40 bits per heavy atom. The lowest BCUT2D eigenvalue weighted by molar-refractivity contribution is 1.56. The SMILES string of the molecule is C=NC=CC. The third kappa shape index (κ3) is 3.41. The molecule has 0 saturated carbocycles.